The monoisotopic (exact) mass is 302 g/mol. The summed E-state index contributed by atoms with van der Waals surface area (Å²) in [5, 5.41) is 2.08. The van der Waals surface area contributed by atoms with Crippen LogP contribution in [0.3, 0.4) is 0 Å². The third kappa shape index (κ3) is 3.21. The van der Waals surface area contributed by atoms with E-state index < -0.39 is 0 Å². The topological polar surface area (TPSA) is 9.23 Å². The molecule has 0 saturated carbocycles. The van der Waals surface area contributed by atoms with Crippen LogP contribution in [0.5, 0.6) is 5.75 Å². The molecular formula is C8H6BrCl3O. The Morgan fingerprint density at radius 2 is 1.69 bits per heavy atom. The molecule has 0 fully saturated rings. The maximum absolute atomic E-state index is 5.85. The van der Waals surface area contributed by atoms with Crippen molar-refractivity contribution >= 4 is 50.7 Å². The van der Waals surface area contributed by atoms with Gasteiger partial charge in [-0.1, -0.05) is 50.7 Å². The second kappa shape index (κ2) is 5.30. The van der Waals surface area contributed by atoms with E-state index >= 15 is 0 Å². The Labute approximate surface area is 100 Å². The van der Waals surface area contributed by atoms with Gasteiger partial charge in [0.2, 0.25) is 0 Å². The molecule has 0 radical (unpaired) electrons. The molecular weight excluding hydrogens is 298 g/mol. The first-order valence-electron chi connectivity index (χ1n) is 3.48. The van der Waals surface area contributed by atoms with Crippen molar-refractivity contribution in [3.63, 3.8) is 0 Å². The fourth-order valence-electron chi connectivity index (χ4n) is 0.763. The molecule has 0 amide bonds. The molecule has 0 aliphatic rings. The van der Waals surface area contributed by atoms with E-state index in [2.05, 4.69) is 15.9 Å². The molecule has 0 heterocycles. The number of hydrogen-bond acceptors (Lipinski definition) is 1. The lowest BCUT2D eigenvalue weighted by molar-refractivity contribution is 0.345. The minimum absolute atomic E-state index is 0.429. The molecule has 1 aromatic carbocycles. The third-order valence-corrected chi connectivity index (χ3v) is 2.65. The predicted octanol–water partition coefficient (Wildman–Crippen LogP) is 4.42. The van der Waals surface area contributed by atoms with Gasteiger partial charge in [0.1, 0.15) is 5.75 Å². The van der Waals surface area contributed by atoms with Crippen molar-refractivity contribution in [1.29, 1.82) is 0 Å². The molecule has 5 heteroatoms. The Morgan fingerprint density at radius 1 is 1.08 bits per heavy atom. The van der Waals surface area contributed by atoms with E-state index in [0.717, 1.165) is 5.33 Å². The second-order valence-corrected chi connectivity index (χ2v) is 4.25. The molecule has 0 saturated heterocycles. The Bertz CT molecular complexity index is 304. The van der Waals surface area contributed by atoms with Crippen molar-refractivity contribution in [3.05, 3.63) is 27.2 Å². The Hall–Kier alpha value is 0.370. The van der Waals surface area contributed by atoms with Crippen molar-refractivity contribution in [1.82, 2.24) is 0 Å². The van der Waals surface area contributed by atoms with Crippen LogP contribution < -0.4 is 4.74 Å². The van der Waals surface area contributed by atoms with E-state index in [1.54, 1.807) is 12.1 Å². The molecule has 0 aliphatic heterocycles. The van der Waals surface area contributed by atoms with Crippen LogP contribution >= 0.6 is 50.7 Å². The Morgan fingerprint density at radius 3 is 2.31 bits per heavy atom. The van der Waals surface area contributed by atoms with Crippen LogP contribution in [0.25, 0.3) is 0 Å². The molecule has 0 unspecified atom stereocenters. The summed E-state index contributed by atoms with van der Waals surface area (Å²) in [5.74, 6) is 0.551. The number of hydrogen-bond donors (Lipinski definition) is 0. The lowest BCUT2D eigenvalue weighted by Crippen LogP contribution is -1.98. The molecule has 13 heavy (non-hydrogen) atoms. The highest BCUT2D eigenvalue weighted by atomic mass is 79.9. The second-order valence-electron chi connectivity index (χ2n) is 2.23. The summed E-state index contributed by atoms with van der Waals surface area (Å²) in [6.07, 6.45) is 0. The van der Waals surface area contributed by atoms with Crippen LogP contribution in [-0.2, 0) is 0 Å². The quantitative estimate of drug-likeness (QED) is 0.593. The maximum atomic E-state index is 5.85. The van der Waals surface area contributed by atoms with E-state index in [9.17, 15) is 0 Å². The number of ether oxygens (including phenoxy) is 1. The van der Waals surface area contributed by atoms with E-state index in [1.807, 2.05) is 0 Å². The highest BCUT2D eigenvalue weighted by Crippen LogP contribution is 2.33. The van der Waals surface area contributed by atoms with Crippen molar-refractivity contribution in [3.8, 4) is 5.75 Å². The van der Waals surface area contributed by atoms with Crippen molar-refractivity contribution < 1.29 is 4.74 Å². The van der Waals surface area contributed by atoms with E-state index in [-0.39, 0.29) is 0 Å². The van der Waals surface area contributed by atoms with Gasteiger partial charge in [-0.15, -0.1) is 0 Å². The minimum atomic E-state index is 0.429. The fourth-order valence-corrected chi connectivity index (χ4v) is 1.52. The van der Waals surface area contributed by atoms with Crippen LogP contribution in [-0.4, -0.2) is 11.9 Å². The van der Waals surface area contributed by atoms with E-state index in [1.165, 1.54) is 0 Å². The number of alkyl halides is 1. The summed E-state index contributed by atoms with van der Waals surface area (Å²) < 4.78 is 5.30. The summed E-state index contributed by atoms with van der Waals surface area (Å²) >= 11 is 20.6. The lowest BCUT2D eigenvalue weighted by atomic mass is 10.3. The van der Waals surface area contributed by atoms with Crippen molar-refractivity contribution in [2.45, 2.75) is 0 Å². The largest absolute Gasteiger partial charge is 0.491 e. The zero-order chi connectivity index (χ0) is 9.84. The maximum Gasteiger partial charge on any atom is 0.139 e. The first-order valence-corrected chi connectivity index (χ1v) is 5.74. The Balaban J connectivity index is 2.88. The summed E-state index contributed by atoms with van der Waals surface area (Å²) in [7, 11) is 0. The van der Waals surface area contributed by atoms with Gasteiger partial charge in [-0.05, 0) is 6.07 Å². The highest BCUT2D eigenvalue weighted by molar-refractivity contribution is 9.09. The molecule has 0 atom stereocenters. The third-order valence-electron chi connectivity index (χ3n) is 1.31. The average molecular weight is 304 g/mol. The summed E-state index contributed by atoms with van der Waals surface area (Å²) in [5.41, 5.74) is 0. The van der Waals surface area contributed by atoms with Gasteiger partial charge in [0.05, 0.1) is 21.7 Å². The van der Waals surface area contributed by atoms with Gasteiger partial charge in [-0.25, -0.2) is 0 Å². The molecule has 0 aliphatic carbocycles. The highest BCUT2D eigenvalue weighted by Gasteiger charge is 2.06. The van der Waals surface area contributed by atoms with Crippen LogP contribution in [0.15, 0.2) is 12.1 Å². The van der Waals surface area contributed by atoms with Gasteiger partial charge in [0, 0.05) is 11.4 Å². The van der Waals surface area contributed by atoms with Gasteiger partial charge in [0.25, 0.3) is 0 Å². The van der Waals surface area contributed by atoms with Crippen LogP contribution in [0.2, 0.25) is 15.1 Å². The minimum Gasteiger partial charge on any atom is -0.491 e. The van der Waals surface area contributed by atoms with Crippen molar-refractivity contribution in [2.24, 2.45) is 0 Å². The SMILES string of the molecule is Clc1cc(Cl)c(OCCBr)cc1Cl. The molecule has 0 N–H and O–H groups in total. The van der Waals surface area contributed by atoms with Crippen molar-refractivity contribution in [2.75, 3.05) is 11.9 Å². The predicted molar refractivity (Wildman–Crippen MR) is 60.8 cm³/mol. The normalized spacial score (nSPS) is 10.2. The summed E-state index contributed by atoms with van der Waals surface area (Å²) in [6, 6.07) is 3.17. The molecule has 1 aromatic rings. The molecule has 0 spiro atoms. The zero-order valence-electron chi connectivity index (χ0n) is 6.49. The van der Waals surface area contributed by atoms with Gasteiger partial charge in [-0.3, -0.25) is 0 Å². The average Bonchev–Trinajstić information content (AvgIpc) is 2.09. The molecule has 72 valence electrons. The number of benzene rings is 1. The Kier molecular flexibility index (Phi) is 4.67. The fraction of sp³-hybridized carbons (Fsp3) is 0.250. The molecule has 1 nitrogen and oxygen atoms in total. The lowest BCUT2D eigenvalue weighted by Gasteiger charge is -2.07. The number of rotatable bonds is 3. The summed E-state index contributed by atoms with van der Waals surface area (Å²) in [4.78, 5) is 0. The summed E-state index contributed by atoms with van der Waals surface area (Å²) in [6.45, 7) is 0.539. The van der Waals surface area contributed by atoms with Gasteiger partial charge in [-0.2, -0.15) is 0 Å². The van der Waals surface area contributed by atoms with Crippen LogP contribution in [0, 0.1) is 0 Å². The molecule has 1 rings (SSSR count). The van der Waals surface area contributed by atoms with E-state index in [4.69, 9.17) is 39.5 Å². The van der Waals surface area contributed by atoms with Gasteiger partial charge >= 0.3 is 0 Å². The van der Waals surface area contributed by atoms with Gasteiger partial charge in [0.15, 0.2) is 0 Å². The zero-order valence-corrected chi connectivity index (χ0v) is 10.3. The van der Waals surface area contributed by atoms with E-state index in [0.29, 0.717) is 27.4 Å². The van der Waals surface area contributed by atoms with Crippen LogP contribution in [0.1, 0.15) is 0 Å². The molecule has 0 bridgehead atoms. The van der Waals surface area contributed by atoms with Gasteiger partial charge < -0.3 is 4.74 Å². The van der Waals surface area contributed by atoms with Crippen LogP contribution in [0.4, 0.5) is 0 Å². The first kappa shape index (κ1) is 11.4. The molecule has 0 aromatic heterocycles. The first-order chi connectivity index (χ1) is 6.15. The standard InChI is InChI=1S/C8H6BrCl3O/c9-1-2-13-8-4-6(11)5(10)3-7(8)12/h3-4H,1-2H2. The number of halogens is 4. The smallest absolute Gasteiger partial charge is 0.139 e.